The lowest BCUT2D eigenvalue weighted by Gasteiger charge is -2.08. The average Bonchev–Trinajstić information content (AvgIpc) is 2.85. The minimum atomic E-state index is -0.652. The molecule has 0 fully saturated rings. The quantitative estimate of drug-likeness (QED) is 0.105. The van der Waals surface area contributed by atoms with Gasteiger partial charge in [0.25, 0.3) is 0 Å². The zero-order chi connectivity index (χ0) is 25.6. The molecule has 0 spiro atoms. The van der Waals surface area contributed by atoms with Gasteiger partial charge in [-0.2, -0.15) is 0 Å². The fraction of sp³-hybridized carbons (Fsp3) is 0.231. The van der Waals surface area contributed by atoms with Crippen molar-refractivity contribution in [2.24, 2.45) is 0 Å². The van der Waals surface area contributed by atoms with Crippen molar-refractivity contribution in [1.82, 2.24) is 0 Å². The first kappa shape index (κ1) is 26.8. The molecule has 0 saturated carbocycles. The summed E-state index contributed by atoms with van der Waals surface area (Å²) in [7, 11) is 0. The number of ether oxygens (including phenoxy) is 5. The highest BCUT2D eigenvalue weighted by atomic mass is 16.6. The van der Waals surface area contributed by atoms with Gasteiger partial charge in [0.15, 0.2) is 0 Å². The first-order valence-corrected chi connectivity index (χ1v) is 10.6. The zero-order valence-corrected chi connectivity index (χ0v) is 19.3. The van der Waals surface area contributed by atoms with E-state index >= 15 is 0 Å². The molecule has 0 unspecified atom stereocenters. The standard InChI is InChI=1S/C26H26O9/c1-4-14-31-21-9-5-20(6-10-21)26(30)35-22-11-7-19(8-12-22)25(29)33-15-13-23(27)32-16-17-34-24(28)18(2)3/h4-12H,1-2,13-17H2,3H3. The normalized spacial score (nSPS) is 9.97. The number of hydrogen-bond donors (Lipinski definition) is 0. The van der Waals surface area contributed by atoms with Gasteiger partial charge >= 0.3 is 23.9 Å². The van der Waals surface area contributed by atoms with Crippen molar-refractivity contribution in [3.05, 3.63) is 84.5 Å². The van der Waals surface area contributed by atoms with Crippen LogP contribution in [-0.4, -0.2) is 50.3 Å². The Morgan fingerprint density at radius 3 is 1.94 bits per heavy atom. The third-order valence-electron chi connectivity index (χ3n) is 4.23. The highest BCUT2D eigenvalue weighted by molar-refractivity contribution is 5.92. The fourth-order valence-electron chi connectivity index (χ4n) is 2.46. The Morgan fingerprint density at radius 1 is 0.771 bits per heavy atom. The Labute approximate surface area is 202 Å². The topological polar surface area (TPSA) is 114 Å². The predicted molar refractivity (Wildman–Crippen MR) is 125 cm³/mol. The minimum absolute atomic E-state index is 0.0936. The Bertz CT molecular complexity index is 1050. The van der Waals surface area contributed by atoms with Crippen molar-refractivity contribution >= 4 is 23.9 Å². The molecule has 2 rings (SSSR count). The Morgan fingerprint density at radius 2 is 1.34 bits per heavy atom. The van der Waals surface area contributed by atoms with Crippen molar-refractivity contribution in [2.75, 3.05) is 26.4 Å². The third-order valence-corrected chi connectivity index (χ3v) is 4.23. The third kappa shape index (κ3) is 9.55. The summed E-state index contributed by atoms with van der Waals surface area (Å²) in [6, 6.07) is 12.2. The highest BCUT2D eigenvalue weighted by Crippen LogP contribution is 2.17. The molecular formula is C26H26O9. The Hall–Kier alpha value is -4.40. The zero-order valence-electron chi connectivity index (χ0n) is 19.3. The maximum absolute atomic E-state index is 12.3. The van der Waals surface area contributed by atoms with Gasteiger partial charge in [-0.15, -0.1) is 0 Å². The molecule has 0 heterocycles. The molecule has 2 aromatic rings. The summed E-state index contributed by atoms with van der Waals surface area (Å²) in [6.07, 6.45) is 1.46. The second-order valence-electron chi connectivity index (χ2n) is 7.06. The number of benzene rings is 2. The monoisotopic (exact) mass is 482 g/mol. The summed E-state index contributed by atoms with van der Waals surface area (Å²) >= 11 is 0. The number of carbonyl (C=O) groups is 4. The molecule has 35 heavy (non-hydrogen) atoms. The van der Waals surface area contributed by atoms with E-state index in [1.165, 1.54) is 31.2 Å². The van der Waals surface area contributed by atoms with Gasteiger partial charge in [0.2, 0.25) is 0 Å². The molecular weight excluding hydrogens is 456 g/mol. The molecule has 0 N–H and O–H groups in total. The lowest BCUT2D eigenvalue weighted by Crippen LogP contribution is -2.16. The summed E-state index contributed by atoms with van der Waals surface area (Å²) in [6.45, 7) is 8.47. The second kappa shape index (κ2) is 14.0. The van der Waals surface area contributed by atoms with Gasteiger partial charge < -0.3 is 23.7 Å². The molecule has 0 aromatic heterocycles. The maximum atomic E-state index is 12.3. The van der Waals surface area contributed by atoms with Crippen molar-refractivity contribution in [2.45, 2.75) is 13.3 Å². The van der Waals surface area contributed by atoms with Crippen LogP contribution in [0.15, 0.2) is 73.3 Å². The van der Waals surface area contributed by atoms with Crippen LogP contribution in [0.5, 0.6) is 11.5 Å². The largest absolute Gasteiger partial charge is 0.490 e. The number of carbonyl (C=O) groups excluding carboxylic acids is 4. The van der Waals surface area contributed by atoms with E-state index in [1.807, 2.05) is 0 Å². The smallest absolute Gasteiger partial charge is 0.343 e. The van der Waals surface area contributed by atoms with Gasteiger partial charge in [-0.1, -0.05) is 19.2 Å². The molecule has 0 aliphatic heterocycles. The van der Waals surface area contributed by atoms with E-state index in [9.17, 15) is 19.2 Å². The van der Waals surface area contributed by atoms with E-state index < -0.39 is 23.9 Å². The van der Waals surface area contributed by atoms with Gasteiger partial charge in [-0.3, -0.25) is 4.79 Å². The summed E-state index contributed by atoms with van der Waals surface area (Å²) in [5, 5.41) is 0. The van der Waals surface area contributed by atoms with Gasteiger partial charge in [-0.25, -0.2) is 14.4 Å². The molecule has 0 amide bonds. The molecule has 2 aromatic carbocycles. The van der Waals surface area contributed by atoms with E-state index in [0.717, 1.165) is 0 Å². The Kier molecular flexibility index (Phi) is 10.7. The van der Waals surface area contributed by atoms with Gasteiger partial charge in [-0.05, 0) is 55.5 Å². The molecule has 0 radical (unpaired) electrons. The highest BCUT2D eigenvalue weighted by Gasteiger charge is 2.12. The van der Waals surface area contributed by atoms with Crippen LogP contribution in [0.2, 0.25) is 0 Å². The van der Waals surface area contributed by atoms with E-state index in [-0.39, 0.29) is 43.1 Å². The van der Waals surface area contributed by atoms with Crippen LogP contribution in [0.4, 0.5) is 0 Å². The number of hydrogen-bond acceptors (Lipinski definition) is 9. The summed E-state index contributed by atoms with van der Waals surface area (Å²) < 4.78 is 25.4. The van der Waals surface area contributed by atoms with Crippen molar-refractivity contribution in [1.29, 1.82) is 0 Å². The first-order chi connectivity index (χ1) is 16.8. The van der Waals surface area contributed by atoms with Crippen molar-refractivity contribution in [3.8, 4) is 11.5 Å². The van der Waals surface area contributed by atoms with Crippen molar-refractivity contribution in [3.63, 3.8) is 0 Å². The van der Waals surface area contributed by atoms with E-state index in [4.69, 9.17) is 23.7 Å². The van der Waals surface area contributed by atoms with Crippen molar-refractivity contribution < 1.29 is 42.9 Å². The van der Waals surface area contributed by atoms with Crippen LogP contribution in [0, 0.1) is 0 Å². The molecule has 184 valence electrons. The number of esters is 4. The van der Waals surface area contributed by atoms with Crippen LogP contribution < -0.4 is 9.47 Å². The average molecular weight is 482 g/mol. The summed E-state index contributed by atoms with van der Waals surface area (Å²) in [4.78, 5) is 47.2. The van der Waals surface area contributed by atoms with Crippen LogP contribution in [0.1, 0.15) is 34.1 Å². The molecule has 0 saturated heterocycles. The Balaban J connectivity index is 1.72. The van der Waals surface area contributed by atoms with E-state index in [0.29, 0.717) is 17.9 Å². The lowest BCUT2D eigenvalue weighted by molar-refractivity contribution is -0.150. The van der Waals surface area contributed by atoms with Gasteiger partial charge in [0.05, 0.1) is 17.5 Å². The van der Waals surface area contributed by atoms with E-state index in [1.54, 1.807) is 30.3 Å². The van der Waals surface area contributed by atoms with Crippen LogP contribution in [-0.2, 0) is 23.8 Å². The molecule has 0 aliphatic rings. The second-order valence-corrected chi connectivity index (χ2v) is 7.06. The molecule has 0 aliphatic carbocycles. The lowest BCUT2D eigenvalue weighted by atomic mass is 10.2. The molecule has 9 heteroatoms. The minimum Gasteiger partial charge on any atom is -0.490 e. The maximum Gasteiger partial charge on any atom is 0.343 e. The van der Waals surface area contributed by atoms with Crippen LogP contribution >= 0.6 is 0 Å². The molecule has 9 nitrogen and oxygen atoms in total. The molecule has 0 atom stereocenters. The predicted octanol–water partition coefficient (Wildman–Crippen LogP) is 3.68. The van der Waals surface area contributed by atoms with E-state index in [2.05, 4.69) is 13.2 Å². The SMILES string of the molecule is C=CCOc1ccc(C(=O)Oc2ccc(C(=O)OCCC(=O)OCCOC(=O)C(=C)C)cc2)cc1. The van der Waals surface area contributed by atoms with Gasteiger partial charge in [0, 0.05) is 5.57 Å². The summed E-state index contributed by atoms with van der Waals surface area (Å²) in [5.41, 5.74) is 0.795. The van der Waals surface area contributed by atoms with Crippen LogP contribution in [0.3, 0.4) is 0 Å². The number of rotatable bonds is 13. The first-order valence-electron chi connectivity index (χ1n) is 10.6. The fourth-order valence-corrected chi connectivity index (χ4v) is 2.46. The van der Waals surface area contributed by atoms with Gasteiger partial charge in [0.1, 0.15) is 37.9 Å². The molecule has 0 bridgehead atoms. The summed E-state index contributed by atoms with van der Waals surface area (Å²) in [5.74, 6) is -1.55. The van der Waals surface area contributed by atoms with Crippen LogP contribution in [0.25, 0.3) is 0 Å².